The molecule has 110 valence electrons. The predicted molar refractivity (Wildman–Crippen MR) is 72.4 cm³/mol. The lowest BCUT2D eigenvalue weighted by atomic mass is 10.1. The van der Waals surface area contributed by atoms with Gasteiger partial charge in [0, 0.05) is 14.1 Å². The van der Waals surface area contributed by atoms with E-state index in [1.807, 2.05) is 0 Å². The van der Waals surface area contributed by atoms with E-state index in [-0.39, 0.29) is 12.2 Å². The lowest BCUT2D eigenvalue weighted by molar-refractivity contribution is -0.137. The van der Waals surface area contributed by atoms with Crippen LogP contribution in [0.2, 0.25) is 0 Å². The molecule has 0 spiro atoms. The molecule has 5 nitrogen and oxygen atoms in total. The van der Waals surface area contributed by atoms with Crippen LogP contribution in [0.1, 0.15) is 5.56 Å². The molecule has 1 aromatic carbocycles. The van der Waals surface area contributed by atoms with Gasteiger partial charge in [-0.25, -0.2) is 9.79 Å². The molecule has 0 radical (unpaired) electrons. The Morgan fingerprint density at radius 1 is 1.19 bits per heavy atom. The summed E-state index contributed by atoms with van der Waals surface area (Å²) in [5.41, 5.74) is 0.443. The van der Waals surface area contributed by atoms with Gasteiger partial charge in [-0.2, -0.15) is 18.2 Å². The number of amidine groups is 1. The zero-order chi connectivity index (χ0) is 15.4. The monoisotopic (exact) mass is 296 g/mol. The number of carbonyl (C=O) groups is 1. The molecule has 0 aliphatic carbocycles. The fourth-order valence-corrected chi connectivity index (χ4v) is 2.29. The summed E-state index contributed by atoms with van der Waals surface area (Å²) in [6.07, 6.45) is -4.42. The van der Waals surface area contributed by atoms with Crippen LogP contribution in [0.4, 0.5) is 29.3 Å². The standard InChI is InChI=1S/C13H11F3N4O/c1-19-6-9-11(18-12(19)21)20(2)10-4-3-7(13(14,15)16)5-8(10)17-9/h3-5H,6H2,1-2H3. The number of carbonyl (C=O) groups excluding carboxylic acids is 1. The van der Waals surface area contributed by atoms with Gasteiger partial charge in [-0.1, -0.05) is 0 Å². The van der Waals surface area contributed by atoms with Crippen molar-refractivity contribution in [1.82, 2.24) is 4.90 Å². The Bertz CT molecular complexity index is 693. The van der Waals surface area contributed by atoms with E-state index in [4.69, 9.17) is 0 Å². The summed E-state index contributed by atoms with van der Waals surface area (Å²) in [5.74, 6) is 0.380. The third kappa shape index (κ3) is 2.16. The van der Waals surface area contributed by atoms with Gasteiger partial charge in [0.1, 0.15) is 5.71 Å². The van der Waals surface area contributed by atoms with Crippen molar-refractivity contribution in [3.05, 3.63) is 23.8 Å². The van der Waals surface area contributed by atoms with Gasteiger partial charge in [0.15, 0.2) is 5.84 Å². The summed E-state index contributed by atoms with van der Waals surface area (Å²) in [7, 11) is 3.21. The van der Waals surface area contributed by atoms with Crippen molar-refractivity contribution >= 4 is 29.0 Å². The van der Waals surface area contributed by atoms with E-state index in [9.17, 15) is 18.0 Å². The quantitative estimate of drug-likeness (QED) is 0.739. The van der Waals surface area contributed by atoms with E-state index in [0.29, 0.717) is 17.2 Å². The van der Waals surface area contributed by atoms with Crippen molar-refractivity contribution < 1.29 is 18.0 Å². The van der Waals surface area contributed by atoms with Crippen molar-refractivity contribution in [1.29, 1.82) is 0 Å². The number of fused-ring (bicyclic) bond motifs is 2. The van der Waals surface area contributed by atoms with Crippen LogP contribution >= 0.6 is 0 Å². The molecule has 0 bridgehead atoms. The number of alkyl halides is 3. The topological polar surface area (TPSA) is 48.3 Å². The van der Waals surface area contributed by atoms with Gasteiger partial charge in [-0.05, 0) is 18.2 Å². The molecule has 0 saturated heterocycles. The molecule has 0 unspecified atom stereocenters. The zero-order valence-corrected chi connectivity index (χ0v) is 11.3. The Labute approximate surface area is 118 Å². The fraction of sp³-hybridized carbons (Fsp3) is 0.308. The number of halogens is 3. The molecule has 21 heavy (non-hydrogen) atoms. The van der Waals surface area contributed by atoms with Gasteiger partial charge in [0.05, 0.1) is 23.5 Å². The minimum atomic E-state index is -4.42. The van der Waals surface area contributed by atoms with E-state index in [2.05, 4.69) is 9.98 Å². The minimum absolute atomic E-state index is 0.220. The molecule has 0 N–H and O–H groups in total. The number of hydrogen-bond acceptors (Lipinski definition) is 3. The number of anilines is 1. The first-order chi connectivity index (χ1) is 9.77. The highest BCUT2D eigenvalue weighted by atomic mass is 19.4. The van der Waals surface area contributed by atoms with Crippen LogP contribution in [0.3, 0.4) is 0 Å². The zero-order valence-electron chi connectivity index (χ0n) is 11.3. The smallest absolute Gasteiger partial charge is 0.326 e. The van der Waals surface area contributed by atoms with Crippen molar-refractivity contribution in [3.63, 3.8) is 0 Å². The highest BCUT2D eigenvalue weighted by Gasteiger charge is 2.34. The second kappa shape index (κ2) is 4.31. The maximum atomic E-state index is 12.8. The Morgan fingerprint density at radius 2 is 1.90 bits per heavy atom. The minimum Gasteiger partial charge on any atom is -0.326 e. The normalized spacial score (nSPS) is 18.0. The van der Waals surface area contributed by atoms with Crippen LogP contribution in [0, 0.1) is 0 Å². The Hall–Kier alpha value is -2.38. The molecule has 0 atom stereocenters. The molecule has 0 aromatic heterocycles. The number of rotatable bonds is 0. The average molecular weight is 296 g/mol. The second-order valence-electron chi connectivity index (χ2n) is 4.89. The fourth-order valence-electron chi connectivity index (χ4n) is 2.29. The summed E-state index contributed by atoms with van der Waals surface area (Å²) in [5, 5.41) is 0. The number of benzene rings is 1. The summed E-state index contributed by atoms with van der Waals surface area (Å²) >= 11 is 0. The molecule has 2 amide bonds. The van der Waals surface area contributed by atoms with Gasteiger partial charge >= 0.3 is 12.2 Å². The molecule has 2 heterocycles. The van der Waals surface area contributed by atoms with Gasteiger partial charge in [0.2, 0.25) is 0 Å². The Morgan fingerprint density at radius 3 is 2.57 bits per heavy atom. The highest BCUT2D eigenvalue weighted by Crippen LogP contribution is 2.38. The first kappa shape index (κ1) is 13.6. The Kier molecular flexibility index (Phi) is 2.79. The summed E-state index contributed by atoms with van der Waals surface area (Å²) in [6.45, 7) is 0.220. The second-order valence-corrected chi connectivity index (χ2v) is 4.89. The predicted octanol–water partition coefficient (Wildman–Crippen LogP) is 2.69. The Balaban J connectivity index is 2.13. The highest BCUT2D eigenvalue weighted by molar-refractivity contribution is 6.50. The van der Waals surface area contributed by atoms with E-state index in [1.165, 1.54) is 11.0 Å². The lowest BCUT2D eigenvalue weighted by Gasteiger charge is -2.32. The van der Waals surface area contributed by atoms with E-state index >= 15 is 0 Å². The van der Waals surface area contributed by atoms with Crippen LogP contribution in [0.15, 0.2) is 28.2 Å². The van der Waals surface area contributed by atoms with Crippen LogP contribution in [0.5, 0.6) is 0 Å². The largest absolute Gasteiger partial charge is 0.416 e. The van der Waals surface area contributed by atoms with Crippen LogP contribution in [-0.4, -0.2) is 43.1 Å². The number of nitrogens with zero attached hydrogens (tertiary/aromatic N) is 4. The lowest BCUT2D eigenvalue weighted by Crippen LogP contribution is -2.47. The van der Waals surface area contributed by atoms with Gasteiger partial charge in [-0.3, -0.25) is 0 Å². The third-order valence-electron chi connectivity index (χ3n) is 3.41. The number of hydrogen-bond donors (Lipinski definition) is 0. The van der Waals surface area contributed by atoms with Gasteiger partial charge < -0.3 is 9.80 Å². The van der Waals surface area contributed by atoms with Crippen molar-refractivity contribution in [3.8, 4) is 0 Å². The number of aliphatic imine (C=N–C) groups is 2. The van der Waals surface area contributed by atoms with E-state index in [1.54, 1.807) is 19.0 Å². The van der Waals surface area contributed by atoms with Crippen molar-refractivity contribution in [2.24, 2.45) is 9.98 Å². The molecule has 0 saturated carbocycles. The summed E-state index contributed by atoms with van der Waals surface area (Å²) < 4.78 is 38.3. The molecule has 2 aliphatic rings. The average Bonchev–Trinajstić information content (AvgIpc) is 2.40. The third-order valence-corrected chi connectivity index (χ3v) is 3.41. The molecule has 0 fully saturated rings. The summed E-state index contributed by atoms with van der Waals surface area (Å²) in [4.78, 5) is 22.7. The first-order valence-corrected chi connectivity index (χ1v) is 6.14. The van der Waals surface area contributed by atoms with Crippen molar-refractivity contribution in [2.45, 2.75) is 6.18 Å². The molecule has 3 rings (SSSR count). The number of urea groups is 1. The van der Waals surface area contributed by atoms with Crippen LogP contribution in [0.25, 0.3) is 0 Å². The number of amides is 2. The van der Waals surface area contributed by atoms with Gasteiger partial charge in [0.25, 0.3) is 0 Å². The summed E-state index contributed by atoms with van der Waals surface area (Å²) in [6, 6.07) is 2.94. The molecular weight excluding hydrogens is 285 g/mol. The maximum absolute atomic E-state index is 12.8. The molecule has 2 aliphatic heterocycles. The molecular formula is C13H11F3N4O. The van der Waals surface area contributed by atoms with Gasteiger partial charge in [-0.15, -0.1) is 0 Å². The molecule has 1 aromatic rings. The first-order valence-electron chi connectivity index (χ1n) is 6.14. The maximum Gasteiger partial charge on any atom is 0.416 e. The molecule has 8 heteroatoms. The SMILES string of the molecule is CN1CC2=Nc3cc(C(F)(F)F)ccc3N(C)C2=NC1=O. The van der Waals surface area contributed by atoms with Crippen LogP contribution in [-0.2, 0) is 6.18 Å². The van der Waals surface area contributed by atoms with E-state index in [0.717, 1.165) is 12.1 Å². The van der Waals surface area contributed by atoms with Crippen molar-refractivity contribution in [2.75, 3.05) is 25.5 Å². The van der Waals surface area contributed by atoms with E-state index < -0.39 is 17.8 Å². The van der Waals surface area contributed by atoms with Crippen LogP contribution < -0.4 is 4.90 Å².